The van der Waals surface area contributed by atoms with Crippen molar-refractivity contribution in [2.24, 2.45) is 0 Å². The van der Waals surface area contributed by atoms with Gasteiger partial charge in [-0.2, -0.15) is 0 Å². The quantitative estimate of drug-likeness (QED) is 0.431. The fourth-order valence-corrected chi connectivity index (χ4v) is 0.485. The van der Waals surface area contributed by atoms with Crippen LogP contribution in [0.4, 0.5) is 0 Å². The highest BCUT2D eigenvalue weighted by atomic mass is 16.5. The summed E-state index contributed by atoms with van der Waals surface area (Å²) in [5.74, 6) is -0.338. The summed E-state index contributed by atoms with van der Waals surface area (Å²) in [5.41, 5.74) is 0. The van der Waals surface area contributed by atoms with Crippen molar-refractivity contribution in [1.82, 2.24) is 5.32 Å². The molecule has 0 aliphatic rings. The summed E-state index contributed by atoms with van der Waals surface area (Å²) in [6.45, 7) is 1.70. The number of amides is 1. The maximum absolute atomic E-state index is 10.5. The minimum Gasteiger partial charge on any atom is -0.469 e. The Balaban J connectivity index is 3.46. The summed E-state index contributed by atoms with van der Waals surface area (Å²) in [7, 11) is 1.31. The molecule has 0 aromatic rings. The van der Waals surface area contributed by atoms with E-state index in [9.17, 15) is 9.59 Å². The lowest BCUT2D eigenvalue weighted by molar-refractivity contribution is -0.141. The second-order valence-corrected chi connectivity index (χ2v) is 1.93. The molecule has 0 saturated heterocycles. The van der Waals surface area contributed by atoms with Crippen LogP contribution in [0.1, 0.15) is 13.3 Å². The van der Waals surface area contributed by atoms with Gasteiger partial charge in [-0.05, 0) is 6.92 Å². The van der Waals surface area contributed by atoms with E-state index in [2.05, 4.69) is 10.1 Å². The van der Waals surface area contributed by atoms with E-state index in [4.69, 9.17) is 0 Å². The molecule has 0 bridgehead atoms. The molecule has 0 saturated carbocycles. The molecular formula is C6H10NO3. The third kappa shape index (κ3) is 3.88. The second kappa shape index (κ2) is 4.78. The summed E-state index contributed by atoms with van der Waals surface area (Å²) in [6.07, 6.45) is 1.68. The number of methoxy groups -OCH3 is 1. The SMILES string of the molecule is COC(=O)CC(C)N[C]=O. The molecule has 1 unspecified atom stereocenters. The van der Waals surface area contributed by atoms with Crippen molar-refractivity contribution in [3.8, 4) is 0 Å². The Kier molecular flexibility index (Phi) is 4.28. The highest BCUT2D eigenvalue weighted by Crippen LogP contribution is 1.90. The summed E-state index contributed by atoms with van der Waals surface area (Å²) in [4.78, 5) is 20.2. The third-order valence-corrected chi connectivity index (χ3v) is 1.01. The van der Waals surface area contributed by atoms with E-state index in [0.717, 1.165) is 0 Å². The van der Waals surface area contributed by atoms with Gasteiger partial charge < -0.3 is 10.1 Å². The predicted octanol–water partition coefficient (Wildman–Crippen LogP) is -0.405. The van der Waals surface area contributed by atoms with E-state index in [-0.39, 0.29) is 18.4 Å². The van der Waals surface area contributed by atoms with Crippen molar-refractivity contribution in [1.29, 1.82) is 0 Å². The van der Waals surface area contributed by atoms with Crippen LogP contribution < -0.4 is 5.32 Å². The Hall–Kier alpha value is -1.06. The van der Waals surface area contributed by atoms with Gasteiger partial charge in [0.05, 0.1) is 13.5 Å². The van der Waals surface area contributed by atoms with Gasteiger partial charge in [-0.25, -0.2) is 0 Å². The molecule has 0 rings (SSSR count). The molecule has 57 valence electrons. The fourth-order valence-electron chi connectivity index (χ4n) is 0.485. The minimum atomic E-state index is -0.338. The van der Waals surface area contributed by atoms with Gasteiger partial charge in [-0.3, -0.25) is 9.59 Å². The Morgan fingerprint density at radius 1 is 1.80 bits per heavy atom. The first-order valence-electron chi connectivity index (χ1n) is 2.90. The highest BCUT2D eigenvalue weighted by Gasteiger charge is 2.06. The van der Waals surface area contributed by atoms with Crippen LogP contribution in [0.15, 0.2) is 0 Å². The molecule has 10 heavy (non-hydrogen) atoms. The lowest BCUT2D eigenvalue weighted by Gasteiger charge is -2.05. The van der Waals surface area contributed by atoms with Crippen LogP contribution in [-0.2, 0) is 14.3 Å². The zero-order chi connectivity index (χ0) is 7.98. The Labute approximate surface area is 59.6 Å². The second-order valence-electron chi connectivity index (χ2n) is 1.93. The summed E-state index contributed by atoms with van der Waals surface area (Å²) in [6, 6.07) is -0.204. The predicted molar refractivity (Wildman–Crippen MR) is 34.9 cm³/mol. The fraction of sp³-hybridized carbons (Fsp3) is 0.667. The normalized spacial score (nSPS) is 11.8. The molecule has 0 heterocycles. The van der Waals surface area contributed by atoms with Crippen molar-refractivity contribution in [3.63, 3.8) is 0 Å². The van der Waals surface area contributed by atoms with Crippen molar-refractivity contribution in [3.05, 3.63) is 0 Å². The number of ether oxygens (including phenoxy) is 1. The van der Waals surface area contributed by atoms with Crippen LogP contribution >= 0.6 is 0 Å². The topological polar surface area (TPSA) is 55.4 Å². The number of esters is 1. The van der Waals surface area contributed by atoms with E-state index in [1.54, 1.807) is 6.92 Å². The molecule has 0 aromatic carbocycles. The van der Waals surface area contributed by atoms with Gasteiger partial charge in [0, 0.05) is 6.04 Å². The van der Waals surface area contributed by atoms with Gasteiger partial charge in [-0.1, -0.05) is 0 Å². The first-order valence-corrected chi connectivity index (χ1v) is 2.90. The van der Waals surface area contributed by atoms with Crippen molar-refractivity contribution < 1.29 is 14.3 Å². The number of carbonyl (C=O) groups is 1. The molecule has 0 aliphatic carbocycles. The Morgan fingerprint density at radius 3 is 2.80 bits per heavy atom. The number of rotatable bonds is 4. The molecule has 1 amide bonds. The number of hydrogen-bond donors (Lipinski definition) is 1. The van der Waals surface area contributed by atoms with Crippen molar-refractivity contribution in [2.75, 3.05) is 7.11 Å². The van der Waals surface area contributed by atoms with Gasteiger partial charge >= 0.3 is 12.4 Å². The molecule has 0 spiro atoms. The van der Waals surface area contributed by atoms with Crippen LogP contribution in [0.2, 0.25) is 0 Å². The lowest BCUT2D eigenvalue weighted by atomic mass is 10.2. The Bertz CT molecular complexity index is 124. The van der Waals surface area contributed by atoms with Crippen molar-refractivity contribution in [2.45, 2.75) is 19.4 Å². The van der Waals surface area contributed by atoms with Crippen LogP contribution in [0.3, 0.4) is 0 Å². The maximum Gasteiger partial charge on any atom is 0.309 e. The van der Waals surface area contributed by atoms with E-state index in [1.165, 1.54) is 13.5 Å². The molecule has 4 heteroatoms. The molecule has 0 fully saturated rings. The lowest BCUT2D eigenvalue weighted by Crippen LogP contribution is -2.27. The zero-order valence-corrected chi connectivity index (χ0v) is 6.01. The minimum absolute atomic E-state index is 0.186. The van der Waals surface area contributed by atoms with Crippen LogP contribution in [0, 0.1) is 0 Å². The largest absolute Gasteiger partial charge is 0.469 e. The van der Waals surface area contributed by atoms with Gasteiger partial charge in [0.2, 0.25) is 0 Å². The third-order valence-electron chi connectivity index (χ3n) is 1.01. The first-order chi connectivity index (χ1) is 4.70. The summed E-state index contributed by atoms with van der Waals surface area (Å²) in [5, 5.41) is 2.30. The van der Waals surface area contributed by atoms with Gasteiger partial charge in [0.15, 0.2) is 0 Å². The molecule has 1 atom stereocenters. The van der Waals surface area contributed by atoms with Gasteiger partial charge in [-0.15, -0.1) is 0 Å². The van der Waals surface area contributed by atoms with Crippen LogP contribution in [0.5, 0.6) is 0 Å². The summed E-state index contributed by atoms with van der Waals surface area (Å²) < 4.78 is 4.36. The zero-order valence-electron chi connectivity index (χ0n) is 6.01. The van der Waals surface area contributed by atoms with Crippen LogP contribution in [-0.4, -0.2) is 25.5 Å². The van der Waals surface area contributed by atoms with Crippen LogP contribution in [0.25, 0.3) is 0 Å². The summed E-state index contributed by atoms with van der Waals surface area (Å²) >= 11 is 0. The van der Waals surface area contributed by atoms with E-state index in [1.807, 2.05) is 0 Å². The number of nitrogens with one attached hydrogen (secondary N) is 1. The highest BCUT2D eigenvalue weighted by molar-refractivity contribution is 5.70. The smallest absolute Gasteiger partial charge is 0.309 e. The van der Waals surface area contributed by atoms with E-state index in [0.29, 0.717) is 0 Å². The molecule has 1 radical (unpaired) electrons. The van der Waals surface area contributed by atoms with Gasteiger partial charge in [0.25, 0.3) is 0 Å². The molecule has 1 N–H and O–H groups in total. The Morgan fingerprint density at radius 2 is 2.40 bits per heavy atom. The van der Waals surface area contributed by atoms with E-state index >= 15 is 0 Å². The molecule has 4 nitrogen and oxygen atoms in total. The maximum atomic E-state index is 10.5. The number of carbonyl (C=O) groups excluding carboxylic acids is 2. The molecule has 0 aliphatic heterocycles. The standard InChI is InChI=1S/C6H10NO3/c1-5(7-4-8)3-6(9)10-2/h5H,3H2,1-2H3,(H,7,8). The average molecular weight is 144 g/mol. The average Bonchev–Trinajstić information content (AvgIpc) is 1.88. The number of hydrogen-bond acceptors (Lipinski definition) is 3. The first kappa shape index (κ1) is 8.94. The molecule has 0 aromatic heterocycles. The van der Waals surface area contributed by atoms with Crippen molar-refractivity contribution >= 4 is 12.4 Å². The van der Waals surface area contributed by atoms with E-state index < -0.39 is 0 Å². The monoisotopic (exact) mass is 144 g/mol. The van der Waals surface area contributed by atoms with Gasteiger partial charge in [0.1, 0.15) is 0 Å². The molecular weight excluding hydrogens is 134 g/mol.